The third-order valence-electron chi connectivity index (χ3n) is 8.20. The molecule has 0 aliphatic heterocycles. The molecule has 9 rings (SSSR count). The lowest BCUT2D eigenvalue weighted by atomic mass is 9.97. The molecule has 3 nitrogen and oxygen atoms in total. The summed E-state index contributed by atoms with van der Waals surface area (Å²) in [6.45, 7) is 0. The first-order valence-corrected chi connectivity index (χ1v) is 14.9. The Kier molecular flexibility index (Phi) is 5.07. The van der Waals surface area contributed by atoms with Gasteiger partial charge < -0.3 is 4.57 Å². The molecular formula is C38H23N3S. The number of aromatic nitrogens is 3. The number of nitrogens with zero attached hydrogens (tertiary/aromatic N) is 3. The van der Waals surface area contributed by atoms with Crippen LogP contribution in [-0.4, -0.2) is 14.5 Å². The molecule has 0 aliphatic rings. The van der Waals surface area contributed by atoms with Crippen LogP contribution in [0.15, 0.2) is 140 Å². The Labute approximate surface area is 246 Å². The molecule has 0 spiro atoms. The van der Waals surface area contributed by atoms with Crippen molar-refractivity contribution in [1.82, 2.24) is 14.5 Å². The molecule has 196 valence electrons. The lowest BCUT2D eigenvalue weighted by Crippen LogP contribution is -1.93. The fraction of sp³-hybridized carbons (Fsp3) is 0. The van der Waals surface area contributed by atoms with Gasteiger partial charge in [0, 0.05) is 26.5 Å². The first kappa shape index (κ1) is 23.4. The van der Waals surface area contributed by atoms with Crippen LogP contribution in [0.5, 0.6) is 0 Å². The van der Waals surface area contributed by atoms with Gasteiger partial charge in [0.25, 0.3) is 0 Å². The Morgan fingerprint density at radius 3 is 1.98 bits per heavy atom. The van der Waals surface area contributed by atoms with Crippen molar-refractivity contribution in [3.05, 3.63) is 140 Å². The highest BCUT2D eigenvalue weighted by molar-refractivity contribution is 7.25. The third kappa shape index (κ3) is 3.59. The number of fused-ring (bicyclic) bond motifs is 7. The third-order valence-corrected chi connectivity index (χ3v) is 9.25. The highest BCUT2D eigenvalue weighted by Crippen LogP contribution is 2.38. The average Bonchev–Trinajstić information content (AvgIpc) is 3.58. The van der Waals surface area contributed by atoms with E-state index in [0.717, 1.165) is 26.8 Å². The molecule has 0 bridgehead atoms. The maximum absolute atomic E-state index is 4.99. The first-order valence-electron chi connectivity index (χ1n) is 14.1. The highest BCUT2D eigenvalue weighted by atomic mass is 32.1. The van der Waals surface area contributed by atoms with Crippen molar-refractivity contribution in [3.63, 3.8) is 0 Å². The highest BCUT2D eigenvalue weighted by Gasteiger charge is 2.14. The molecular weight excluding hydrogens is 531 g/mol. The smallest absolute Gasteiger partial charge is 0.143 e. The van der Waals surface area contributed by atoms with Gasteiger partial charge in [-0.2, -0.15) is 0 Å². The molecule has 0 saturated carbocycles. The van der Waals surface area contributed by atoms with E-state index in [1.165, 1.54) is 54.4 Å². The molecule has 0 N–H and O–H groups in total. The van der Waals surface area contributed by atoms with E-state index in [0.29, 0.717) is 0 Å². The number of benzene rings is 6. The number of hydrogen-bond acceptors (Lipinski definition) is 3. The molecule has 0 aliphatic carbocycles. The normalized spacial score (nSPS) is 11.8. The van der Waals surface area contributed by atoms with Crippen molar-refractivity contribution < 1.29 is 0 Å². The Bertz CT molecular complexity index is 2470. The minimum Gasteiger partial charge on any atom is -0.309 e. The lowest BCUT2D eigenvalue weighted by Gasteiger charge is -2.10. The summed E-state index contributed by atoms with van der Waals surface area (Å²) in [6.07, 6.45) is 0. The molecule has 3 heterocycles. The van der Waals surface area contributed by atoms with Gasteiger partial charge in [0.1, 0.15) is 10.3 Å². The van der Waals surface area contributed by atoms with Gasteiger partial charge in [-0.25, -0.2) is 9.97 Å². The van der Waals surface area contributed by atoms with Gasteiger partial charge in [-0.05, 0) is 76.9 Å². The lowest BCUT2D eigenvalue weighted by molar-refractivity contribution is 1.18. The molecule has 4 heteroatoms. The standard InChI is InChI=1S/C38H23N3S/c1-2-11-28(12-3-1)41-34-16-7-4-13-29(34)30-19-17-27(23-35(30)41)25-10-8-9-24(21-25)26-18-20-36-31(22-26)37-38(42-36)40-33-15-6-5-14-32(33)39-37/h1-23H. The quantitative estimate of drug-likeness (QED) is 0.218. The van der Waals surface area contributed by atoms with Crippen LogP contribution in [0.2, 0.25) is 0 Å². The van der Waals surface area contributed by atoms with Crippen molar-refractivity contribution in [1.29, 1.82) is 0 Å². The van der Waals surface area contributed by atoms with Gasteiger partial charge in [-0.15, -0.1) is 11.3 Å². The van der Waals surface area contributed by atoms with Crippen LogP contribution in [0.25, 0.3) is 81.2 Å². The zero-order valence-electron chi connectivity index (χ0n) is 22.5. The van der Waals surface area contributed by atoms with Gasteiger partial charge in [0.05, 0.1) is 22.1 Å². The van der Waals surface area contributed by atoms with Gasteiger partial charge in [0.15, 0.2) is 0 Å². The second-order valence-corrected chi connectivity index (χ2v) is 11.7. The summed E-state index contributed by atoms with van der Waals surface area (Å²) in [4.78, 5) is 10.9. The maximum Gasteiger partial charge on any atom is 0.143 e. The maximum atomic E-state index is 4.99. The van der Waals surface area contributed by atoms with Gasteiger partial charge in [-0.3, -0.25) is 0 Å². The van der Waals surface area contributed by atoms with Crippen molar-refractivity contribution in [2.45, 2.75) is 0 Å². The number of hydrogen-bond donors (Lipinski definition) is 0. The molecule has 9 aromatic rings. The van der Waals surface area contributed by atoms with E-state index in [1.54, 1.807) is 11.3 Å². The van der Waals surface area contributed by atoms with E-state index in [1.807, 2.05) is 24.3 Å². The summed E-state index contributed by atoms with van der Waals surface area (Å²) >= 11 is 1.71. The van der Waals surface area contributed by atoms with Crippen LogP contribution in [0.1, 0.15) is 0 Å². The topological polar surface area (TPSA) is 30.7 Å². The molecule has 0 atom stereocenters. The molecule has 42 heavy (non-hydrogen) atoms. The first-order chi connectivity index (χ1) is 20.8. The Hall–Kier alpha value is -5.32. The zero-order valence-corrected chi connectivity index (χ0v) is 23.3. The second kappa shape index (κ2) is 9.10. The van der Waals surface area contributed by atoms with E-state index < -0.39 is 0 Å². The van der Waals surface area contributed by atoms with Crippen LogP contribution in [-0.2, 0) is 0 Å². The molecule has 0 amide bonds. The monoisotopic (exact) mass is 553 g/mol. The number of rotatable bonds is 3. The Balaban J connectivity index is 1.19. The largest absolute Gasteiger partial charge is 0.309 e. The minimum absolute atomic E-state index is 0.931. The van der Waals surface area contributed by atoms with E-state index in [-0.39, 0.29) is 0 Å². The molecule has 0 saturated heterocycles. The summed E-state index contributed by atoms with van der Waals surface area (Å²) in [6, 6.07) is 49.8. The van der Waals surface area contributed by atoms with E-state index >= 15 is 0 Å². The predicted octanol–water partition coefficient (Wildman–Crippen LogP) is 10.4. The molecule has 0 radical (unpaired) electrons. The summed E-state index contributed by atoms with van der Waals surface area (Å²) in [5, 5.41) is 3.69. The zero-order chi connectivity index (χ0) is 27.6. The summed E-state index contributed by atoms with van der Waals surface area (Å²) < 4.78 is 3.58. The van der Waals surface area contributed by atoms with Crippen molar-refractivity contribution >= 4 is 64.6 Å². The summed E-state index contributed by atoms with van der Waals surface area (Å²) in [5.41, 5.74) is 11.2. The van der Waals surface area contributed by atoms with Crippen molar-refractivity contribution in [3.8, 4) is 27.9 Å². The van der Waals surface area contributed by atoms with E-state index in [2.05, 4.69) is 120 Å². The molecule has 3 aromatic heterocycles. The Morgan fingerprint density at radius 2 is 1.12 bits per heavy atom. The number of thiophene rings is 1. The summed E-state index contributed by atoms with van der Waals surface area (Å²) in [7, 11) is 0. The fourth-order valence-electron chi connectivity index (χ4n) is 6.20. The van der Waals surface area contributed by atoms with Crippen LogP contribution in [0.4, 0.5) is 0 Å². The predicted molar refractivity (Wildman–Crippen MR) is 178 cm³/mol. The summed E-state index contributed by atoms with van der Waals surface area (Å²) in [5.74, 6) is 0. The number of para-hydroxylation sites is 4. The minimum atomic E-state index is 0.931. The van der Waals surface area contributed by atoms with Gasteiger partial charge >= 0.3 is 0 Å². The van der Waals surface area contributed by atoms with E-state index in [4.69, 9.17) is 9.97 Å². The van der Waals surface area contributed by atoms with E-state index in [9.17, 15) is 0 Å². The van der Waals surface area contributed by atoms with Crippen molar-refractivity contribution in [2.24, 2.45) is 0 Å². The van der Waals surface area contributed by atoms with Crippen LogP contribution < -0.4 is 0 Å². The molecule has 6 aromatic carbocycles. The van der Waals surface area contributed by atoms with Crippen molar-refractivity contribution in [2.75, 3.05) is 0 Å². The van der Waals surface area contributed by atoms with Crippen LogP contribution in [0, 0.1) is 0 Å². The van der Waals surface area contributed by atoms with Crippen LogP contribution >= 0.6 is 11.3 Å². The van der Waals surface area contributed by atoms with Crippen LogP contribution in [0.3, 0.4) is 0 Å². The SMILES string of the molecule is c1ccc(-n2c3ccccc3c3ccc(-c4cccc(-c5ccc6sc7nc8ccccc8nc7c6c5)c4)cc32)cc1. The van der Waals surface area contributed by atoms with Gasteiger partial charge in [0.2, 0.25) is 0 Å². The Morgan fingerprint density at radius 1 is 0.452 bits per heavy atom. The fourth-order valence-corrected chi connectivity index (χ4v) is 7.21. The molecule has 0 unspecified atom stereocenters. The molecule has 0 fully saturated rings. The average molecular weight is 554 g/mol. The van der Waals surface area contributed by atoms with Gasteiger partial charge in [-0.1, -0.05) is 84.9 Å². The second-order valence-electron chi connectivity index (χ2n) is 10.7.